The minimum absolute atomic E-state index is 0.0481. The zero-order valence-electron chi connectivity index (χ0n) is 16.6. The lowest BCUT2D eigenvalue weighted by atomic mass is 10.1. The molecule has 0 aliphatic heterocycles. The maximum Gasteiger partial charge on any atom is 0.387 e. The van der Waals surface area contributed by atoms with E-state index in [1.807, 2.05) is 31.2 Å². The third-order valence-corrected chi connectivity index (χ3v) is 4.10. The normalized spacial score (nSPS) is 12.6. The Kier molecular flexibility index (Phi) is 9.17. The summed E-state index contributed by atoms with van der Waals surface area (Å²) in [5.41, 5.74) is 1.71. The molecule has 29 heavy (non-hydrogen) atoms. The van der Waals surface area contributed by atoms with E-state index < -0.39 is 12.7 Å². The highest BCUT2D eigenvalue weighted by molar-refractivity contribution is 5.79. The lowest BCUT2D eigenvalue weighted by Crippen LogP contribution is -2.38. The predicted octanol–water partition coefficient (Wildman–Crippen LogP) is 3.13. The summed E-state index contributed by atoms with van der Waals surface area (Å²) in [6.45, 7) is 0.553. The Morgan fingerprint density at radius 3 is 2.52 bits per heavy atom. The lowest BCUT2D eigenvalue weighted by molar-refractivity contribution is -0.0498. The second-order valence-corrected chi connectivity index (χ2v) is 6.21. The molecule has 1 unspecified atom stereocenters. The fourth-order valence-electron chi connectivity index (χ4n) is 2.65. The highest BCUT2D eigenvalue weighted by Crippen LogP contribution is 2.19. The first-order valence-electron chi connectivity index (χ1n) is 9.39. The molecule has 0 bridgehead atoms. The van der Waals surface area contributed by atoms with Crippen LogP contribution in [0.2, 0.25) is 0 Å². The van der Waals surface area contributed by atoms with Gasteiger partial charge in [-0.05, 0) is 48.7 Å². The van der Waals surface area contributed by atoms with Crippen LogP contribution in [0.5, 0.6) is 11.5 Å². The Hall–Kier alpha value is -2.87. The van der Waals surface area contributed by atoms with E-state index >= 15 is 0 Å². The smallest absolute Gasteiger partial charge is 0.387 e. The van der Waals surface area contributed by atoms with Gasteiger partial charge < -0.3 is 25.2 Å². The maximum atomic E-state index is 12.2. The first-order valence-corrected chi connectivity index (χ1v) is 9.39. The minimum atomic E-state index is -2.87. The van der Waals surface area contributed by atoms with Gasteiger partial charge in [-0.15, -0.1) is 0 Å². The van der Waals surface area contributed by atoms with E-state index in [4.69, 9.17) is 4.74 Å². The Bertz CT molecular complexity index is 770. The average Bonchev–Trinajstić information content (AvgIpc) is 2.72. The number of rotatable bonds is 10. The van der Waals surface area contributed by atoms with Gasteiger partial charge in [0.25, 0.3) is 0 Å². The number of halogens is 2. The van der Waals surface area contributed by atoms with Gasteiger partial charge in [0.2, 0.25) is 0 Å². The van der Waals surface area contributed by atoms with Crippen molar-refractivity contribution >= 4 is 5.96 Å². The second kappa shape index (κ2) is 11.9. The quantitative estimate of drug-likeness (QED) is 0.417. The van der Waals surface area contributed by atoms with Crippen molar-refractivity contribution in [2.75, 3.05) is 26.7 Å². The third-order valence-electron chi connectivity index (χ3n) is 4.10. The number of hydrogen-bond donors (Lipinski definition) is 3. The van der Waals surface area contributed by atoms with Gasteiger partial charge in [0.1, 0.15) is 11.5 Å². The summed E-state index contributed by atoms with van der Waals surface area (Å²) < 4.78 is 33.9. The van der Waals surface area contributed by atoms with Gasteiger partial charge in [-0.25, -0.2) is 0 Å². The number of aliphatic hydroxyl groups is 1. The number of guanidine groups is 1. The summed E-state index contributed by atoms with van der Waals surface area (Å²) in [5.74, 6) is 1.45. The molecule has 1 atom stereocenters. The molecule has 0 aliphatic carbocycles. The molecule has 0 amide bonds. The van der Waals surface area contributed by atoms with Crippen molar-refractivity contribution in [1.29, 1.82) is 0 Å². The molecule has 6 nitrogen and oxygen atoms in total. The van der Waals surface area contributed by atoms with Gasteiger partial charge in [0.15, 0.2) is 5.96 Å². The molecule has 0 saturated heterocycles. The fraction of sp³-hybridized carbons (Fsp3) is 0.381. The highest BCUT2D eigenvalue weighted by atomic mass is 19.3. The van der Waals surface area contributed by atoms with Crippen LogP contribution in [-0.2, 0) is 6.42 Å². The van der Waals surface area contributed by atoms with Crippen molar-refractivity contribution in [1.82, 2.24) is 10.6 Å². The van der Waals surface area contributed by atoms with E-state index in [1.54, 1.807) is 19.2 Å². The topological polar surface area (TPSA) is 75.1 Å². The zero-order chi connectivity index (χ0) is 21.1. The van der Waals surface area contributed by atoms with Crippen LogP contribution in [0.3, 0.4) is 0 Å². The number of nitrogens with zero attached hydrogens (tertiary/aromatic N) is 1. The van der Waals surface area contributed by atoms with E-state index in [2.05, 4.69) is 20.4 Å². The SMILES string of the molecule is CCNC(=NCC(O)c1ccc(OC(F)F)cc1)NCCc1cccc(OC)c1. The number of ether oxygens (including phenoxy) is 2. The fourth-order valence-corrected chi connectivity index (χ4v) is 2.65. The summed E-state index contributed by atoms with van der Waals surface area (Å²) in [5, 5.41) is 16.7. The van der Waals surface area contributed by atoms with E-state index in [9.17, 15) is 13.9 Å². The van der Waals surface area contributed by atoms with Crippen molar-refractivity contribution in [2.45, 2.75) is 26.1 Å². The van der Waals surface area contributed by atoms with E-state index in [0.717, 1.165) is 17.7 Å². The molecule has 3 N–H and O–H groups in total. The molecule has 0 radical (unpaired) electrons. The van der Waals surface area contributed by atoms with E-state index in [1.165, 1.54) is 12.1 Å². The van der Waals surface area contributed by atoms with Gasteiger partial charge in [-0.3, -0.25) is 4.99 Å². The van der Waals surface area contributed by atoms with Crippen LogP contribution in [0.4, 0.5) is 8.78 Å². The largest absolute Gasteiger partial charge is 0.497 e. The molecule has 0 aromatic heterocycles. The van der Waals surface area contributed by atoms with Gasteiger partial charge >= 0.3 is 6.61 Å². The molecule has 8 heteroatoms. The summed E-state index contributed by atoms with van der Waals surface area (Å²) in [7, 11) is 1.64. The molecule has 2 aromatic carbocycles. The van der Waals surface area contributed by atoms with Gasteiger partial charge in [0.05, 0.1) is 19.8 Å². The molecule has 158 valence electrons. The molecular weight excluding hydrogens is 380 g/mol. The van der Waals surface area contributed by atoms with Crippen molar-refractivity contribution in [3.05, 3.63) is 59.7 Å². The lowest BCUT2D eigenvalue weighted by Gasteiger charge is -2.14. The van der Waals surface area contributed by atoms with Crippen molar-refractivity contribution in [2.24, 2.45) is 4.99 Å². The van der Waals surface area contributed by atoms with Gasteiger partial charge in [-0.1, -0.05) is 24.3 Å². The van der Waals surface area contributed by atoms with Crippen LogP contribution in [0.15, 0.2) is 53.5 Å². The summed E-state index contributed by atoms with van der Waals surface area (Å²) >= 11 is 0. The number of aliphatic imine (C=N–C) groups is 1. The Morgan fingerprint density at radius 2 is 1.86 bits per heavy atom. The third kappa shape index (κ3) is 7.95. The summed E-state index contributed by atoms with van der Waals surface area (Å²) in [6, 6.07) is 13.7. The van der Waals surface area contributed by atoms with E-state index in [0.29, 0.717) is 24.6 Å². The average molecular weight is 407 g/mol. The molecule has 0 heterocycles. The maximum absolute atomic E-state index is 12.2. The second-order valence-electron chi connectivity index (χ2n) is 6.21. The molecule has 0 spiro atoms. The van der Waals surface area contributed by atoms with Crippen molar-refractivity contribution in [3.63, 3.8) is 0 Å². The predicted molar refractivity (Wildman–Crippen MR) is 109 cm³/mol. The van der Waals surface area contributed by atoms with Crippen LogP contribution in [0, 0.1) is 0 Å². The minimum Gasteiger partial charge on any atom is -0.497 e. The standard InChI is InChI=1S/C21H27F2N3O3/c1-3-24-21(25-12-11-15-5-4-6-18(13-15)28-2)26-14-19(27)16-7-9-17(10-8-16)29-20(22)23/h4-10,13,19-20,27H,3,11-12,14H2,1-2H3,(H2,24,25,26). The Balaban J connectivity index is 1.88. The number of nitrogens with one attached hydrogen (secondary N) is 2. The molecule has 0 saturated carbocycles. The highest BCUT2D eigenvalue weighted by Gasteiger charge is 2.09. The summed E-state index contributed by atoms with van der Waals surface area (Å²) in [4.78, 5) is 4.39. The van der Waals surface area contributed by atoms with Crippen LogP contribution >= 0.6 is 0 Å². The number of aliphatic hydroxyl groups excluding tert-OH is 1. The van der Waals surface area contributed by atoms with Gasteiger partial charge in [0, 0.05) is 13.1 Å². The van der Waals surface area contributed by atoms with Crippen molar-refractivity contribution in [3.8, 4) is 11.5 Å². The number of methoxy groups -OCH3 is 1. The number of alkyl halides is 2. The first-order chi connectivity index (χ1) is 14.0. The van der Waals surface area contributed by atoms with Crippen LogP contribution in [0.25, 0.3) is 0 Å². The molecular formula is C21H27F2N3O3. The monoisotopic (exact) mass is 407 g/mol. The molecule has 2 rings (SSSR count). The number of benzene rings is 2. The molecule has 2 aromatic rings. The Labute approximate surface area is 169 Å². The van der Waals surface area contributed by atoms with Crippen molar-refractivity contribution < 1.29 is 23.4 Å². The summed E-state index contributed by atoms with van der Waals surface area (Å²) in [6.07, 6.45) is -0.0695. The Morgan fingerprint density at radius 1 is 1.10 bits per heavy atom. The zero-order valence-corrected chi connectivity index (χ0v) is 16.6. The first kappa shape index (κ1) is 22.4. The van der Waals surface area contributed by atoms with E-state index in [-0.39, 0.29) is 12.3 Å². The molecule has 0 aliphatic rings. The van der Waals surface area contributed by atoms with Crippen LogP contribution in [-0.4, -0.2) is 44.4 Å². The molecule has 0 fully saturated rings. The van der Waals surface area contributed by atoms with Gasteiger partial charge in [-0.2, -0.15) is 8.78 Å². The number of hydrogen-bond acceptors (Lipinski definition) is 4. The van der Waals surface area contributed by atoms with Crippen LogP contribution < -0.4 is 20.1 Å². The van der Waals surface area contributed by atoms with Crippen LogP contribution in [0.1, 0.15) is 24.2 Å².